The number of nitrogens with zero attached hydrogens (tertiary/aromatic N) is 1. The van der Waals surface area contributed by atoms with E-state index in [4.69, 9.17) is 0 Å². The number of aliphatic hydroxyl groups is 1. The zero-order valence-corrected chi connectivity index (χ0v) is 8.29. The summed E-state index contributed by atoms with van der Waals surface area (Å²) in [6, 6.07) is 0. The molecule has 1 rings (SSSR count). The lowest BCUT2D eigenvalue weighted by Crippen LogP contribution is -2.29. The standard InChI is InChI=1S/C10H17NO2/c1-10(2,13)9(12)5-8-11-6-3-4-7-11/h5,8,13H,3-4,6-7H2,1-2H3. The van der Waals surface area contributed by atoms with Crippen LogP contribution in [0.4, 0.5) is 0 Å². The quantitative estimate of drug-likeness (QED) is 0.662. The fraction of sp³-hybridized carbons (Fsp3) is 0.700. The number of rotatable bonds is 3. The predicted octanol–water partition coefficient (Wildman–Crippen LogP) is 0.936. The second-order valence-electron chi connectivity index (χ2n) is 3.98. The van der Waals surface area contributed by atoms with Gasteiger partial charge in [-0.05, 0) is 26.7 Å². The lowest BCUT2D eigenvalue weighted by Gasteiger charge is -2.14. The van der Waals surface area contributed by atoms with Gasteiger partial charge in [-0.1, -0.05) is 0 Å². The third kappa shape index (κ3) is 3.19. The summed E-state index contributed by atoms with van der Waals surface area (Å²) in [7, 11) is 0. The molecule has 74 valence electrons. The Morgan fingerprint density at radius 1 is 1.38 bits per heavy atom. The largest absolute Gasteiger partial charge is 0.382 e. The highest BCUT2D eigenvalue weighted by Crippen LogP contribution is 2.09. The first-order valence-electron chi connectivity index (χ1n) is 4.69. The van der Waals surface area contributed by atoms with Crippen LogP contribution in [0.25, 0.3) is 0 Å². The van der Waals surface area contributed by atoms with Gasteiger partial charge in [-0.2, -0.15) is 0 Å². The third-order valence-electron chi connectivity index (χ3n) is 2.18. The minimum absolute atomic E-state index is 0.237. The Bertz CT molecular complexity index is 209. The normalized spacial score (nSPS) is 18.5. The summed E-state index contributed by atoms with van der Waals surface area (Å²) >= 11 is 0. The van der Waals surface area contributed by atoms with Gasteiger partial charge in [0.2, 0.25) is 0 Å². The molecule has 0 spiro atoms. The summed E-state index contributed by atoms with van der Waals surface area (Å²) in [6.07, 6.45) is 5.64. The van der Waals surface area contributed by atoms with E-state index in [1.54, 1.807) is 6.20 Å². The Labute approximate surface area is 79.0 Å². The van der Waals surface area contributed by atoms with E-state index in [0.29, 0.717) is 0 Å². The second-order valence-corrected chi connectivity index (χ2v) is 3.98. The fourth-order valence-corrected chi connectivity index (χ4v) is 1.27. The first-order chi connectivity index (χ1) is 6.00. The third-order valence-corrected chi connectivity index (χ3v) is 2.18. The van der Waals surface area contributed by atoms with E-state index in [-0.39, 0.29) is 5.78 Å². The number of carbonyl (C=O) groups excluding carboxylic acids is 1. The van der Waals surface area contributed by atoms with Gasteiger partial charge in [0.1, 0.15) is 5.60 Å². The van der Waals surface area contributed by atoms with Gasteiger partial charge in [0.05, 0.1) is 0 Å². The number of carbonyl (C=O) groups is 1. The van der Waals surface area contributed by atoms with E-state index < -0.39 is 5.60 Å². The van der Waals surface area contributed by atoms with Crippen molar-refractivity contribution in [2.75, 3.05) is 13.1 Å². The molecule has 3 nitrogen and oxygen atoms in total. The smallest absolute Gasteiger partial charge is 0.188 e. The average molecular weight is 183 g/mol. The van der Waals surface area contributed by atoms with Gasteiger partial charge < -0.3 is 10.0 Å². The topological polar surface area (TPSA) is 40.5 Å². The Morgan fingerprint density at radius 3 is 2.38 bits per heavy atom. The van der Waals surface area contributed by atoms with Crippen molar-refractivity contribution in [1.29, 1.82) is 0 Å². The van der Waals surface area contributed by atoms with Crippen LogP contribution in [0.1, 0.15) is 26.7 Å². The number of hydrogen-bond donors (Lipinski definition) is 1. The SMILES string of the molecule is CC(C)(O)C(=O)C=CN1CCCC1. The average Bonchev–Trinajstić information content (AvgIpc) is 2.50. The van der Waals surface area contributed by atoms with Crippen molar-refractivity contribution in [3.05, 3.63) is 12.3 Å². The zero-order chi connectivity index (χ0) is 9.90. The fourth-order valence-electron chi connectivity index (χ4n) is 1.27. The maximum Gasteiger partial charge on any atom is 0.188 e. The molecule has 0 amide bonds. The summed E-state index contributed by atoms with van der Waals surface area (Å²) < 4.78 is 0. The van der Waals surface area contributed by atoms with E-state index >= 15 is 0 Å². The molecule has 1 saturated heterocycles. The molecule has 1 aliphatic rings. The van der Waals surface area contributed by atoms with Gasteiger partial charge in [0.25, 0.3) is 0 Å². The highest BCUT2D eigenvalue weighted by Gasteiger charge is 2.21. The van der Waals surface area contributed by atoms with Crippen LogP contribution in [-0.2, 0) is 4.79 Å². The molecule has 1 heterocycles. The van der Waals surface area contributed by atoms with Crippen LogP contribution in [-0.4, -0.2) is 34.5 Å². The first-order valence-corrected chi connectivity index (χ1v) is 4.69. The second kappa shape index (κ2) is 3.92. The molecule has 1 fully saturated rings. The van der Waals surface area contributed by atoms with Crippen LogP contribution in [0, 0.1) is 0 Å². The molecule has 1 N–H and O–H groups in total. The maximum absolute atomic E-state index is 11.3. The minimum Gasteiger partial charge on any atom is -0.382 e. The number of ketones is 1. The van der Waals surface area contributed by atoms with E-state index in [1.165, 1.54) is 32.8 Å². The first kappa shape index (κ1) is 10.3. The molecule has 0 aliphatic carbocycles. The molecule has 0 saturated carbocycles. The van der Waals surface area contributed by atoms with Crippen molar-refractivity contribution in [2.24, 2.45) is 0 Å². The van der Waals surface area contributed by atoms with Gasteiger partial charge in [0, 0.05) is 25.4 Å². The molecule has 0 atom stereocenters. The van der Waals surface area contributed by atoms with E-state index in [1.807, 2.05) is 0 Å². The molecule has 0 bridgehead atoms. The molecule has 13 heavy (non-hydrogen) atoms. The van der Waals surface area contributed by atoms with Crippen LogP contribution < -0.4 is 0 Å². The molecule has 0 aromatic heterocycles. The highest BCUT2D eigenvalue weighted by molar-refractivity contribution is 5.95. The van der Waals surface area contributed by atoms with Crippen molar-refractivity contribution < 1.29 is 9.90 Å². The molecule has 0 aromatic carbocycles. The Kier molecular flexibility index (Phi) is 3.09. The Morgan fingerprint density at radius 2 is 1.92 bits per heavy atom. The molecule has 0 unspecified atom stereocenters. The number of hydrogen-bond acceptors (Lipinski definition) is 3. The maximum atomic E-state index is 11.3. The van der Waals surface area contributed by atoms with Crippen LogP contribution in [0.5, 0.6) is 0 Å². The predicted molar refractivity (Wildman–Crippen MR) is 51.3 cm³/mol. The monoisotopic (exact) mass is 183 g/mol. The van der Waals surface area contributed by atoms with Gasteiger partial charge in [-0.25, -0.2) is 0 Å². The van der Waals surface area contributed by atoms with Crippen molar-refractivity contribution in [3.63, 3.8) is 0 Å². The van der Waals surface area contributed by atoms with Gasteiger partial charge in [0.15, 0.2) is 5.78 Å². The Hall–Kier alpha value is -0.830. The minimum atomic E-state index is -1.24. The van der Waals surface area contributed by atoms with Gasteiger partial charge in [-0.15, -0.1) is 0 Å². The van der Waals surface area contributed by atoms with Crippen molar-refractivity contribution in [3.8, 4) is 0 Å². The lowest BCUT2D eigenvalue weighted by molar-refractivity contribution is -0.128. The summed E-state index contributed by atoms with van der Waals surface area (Å²) in [6.45, 7) is 5.05. The van der Waals surface area contributed by atoms with Crippen LogP contribution in [0.15, 0.2) is 12.3 Å². The van der Waals surface area contributed by atoms with Gasteiger partial charge in [-0.3, -0.25) is 4.79 Å². The van der Waals surface area contributed by atoms with Crippen molar-refractivity contribution in [1.82, 2.24) is 4.90 Å². The Balaban J connectivity index is 2.43. The van der Waals surface area contributed by atoms with E-state index in [9.17, 15) is 9.90 Å². The molecular weight excluding hydrogens is 166 g/mol. The molecule has 0 aromatic rings. The van der Waals surface area contributed by atoms with Crippen LogP contribution in [0.3, 0.4) is 0 Å². The summed E-state index contributed by atoms with van der Waals surface area (Å²) in [4.78, 5) is 13.4. The lowest BCUT2D eigenvalue weighted by atomic mass is 10.0. The molecular formula is C10H17NO2. The van der Waals surface area contributed by atoms with Crippen molar-refractivity contribution >= 4 is 5.78 Å². The molecule has 1 aliphatic heterocycles. The van der Waals surface area contributed by atoms with E-state index in [2.05, 4.69) is 4.90 Å². The summed E-state index contributed by atoms with van der Waals surface area (Å²) in [5, 5.41) is 9.34. The zero-order valence-electron chi connectivity index (χ0n) is 8.29. The molecule has 3 heteroatoms. The van der Waals surface area contributed by atoms with Gasteiger partial charge >= 0.3 is 0 Å². The van der Waals surface area contributed by atoms with Crippen LogP contribution >= 0.6 is 0 Å². The van der Waals surface area contributed by atoms with E-state index in [0.717, 1.165) is 13.1 Å². The summed E-state index contributed by atoms with van der Waals surface area (Å²) in [5.74, 6) is -0.237. The van der Waals surface area contributed by atoms with Crippen LogP contribution in [0.2, 0.25) is 0 Å². The summed E-state index contributed by atoms with van der Waals surface area (Å²) in [5.41, 5.74) is -1.24. The molecule has 0 radical (unpaired) electrons. The van der Waals surface area contributed by atoms with Crippen molar-refractivity contribution in [2.45, 2.75) is 32.3 Å². The number of likely N-dealkylation sites (tertiary alicyclic amines) is 1. The highest BCUT2D eigenvalue weighted by atomic mass is 16.3.